The van der Waals surface area contributed by atoms with Crippen LogP contribution in [0.5, 0.6) is 0 Å². The summed E-state index contributed by atoms with van der Waals surface area (Å²) in [6.07, 6.45) is 1.92. The minimum Gasteiger partial charge on any atom is -0.322 e. The summed E-state index contributed by atoms with van der Waals surface area (Å²) in [5.41, 5.74) is 3.75. The molecule has 0 aromatic heterocycles. The minimum absolute atomic E-state index is 0.0294. The van der Waals surface area contributed by atoms with E-state index < -0.39 is 0 Å². The van der Waals surface area contributed by atoms with Crippen molar-refractivity contribution in [2.75, 3.05) is 6.54 Å². The third kappa shape index (κ3) is 3.46. The van der Waals surface area contributed by atoms with E-state index in [4.69, 9.17) is 0 Å². The second-order valence-corrected chi connectivity index (χ2v) is 6.60. The van der Waals surface area contributed by atoms with Gasteiger partial charge in [-0.25, -0.2) is 0 Å². The van der Waals surface area contributed by atoms with Crippen LogP contribution >= 0.6 is 0 Å². The molecule has 2 atom stereocenters. The van der Waals surface area contributed by atoms with Crippen molar-refractivity contribution in [3.8, 4) is 0 Å². The second-order valence-electron chi connectivity index (χ2n) is 6.60. The van der Waals surface area contributed by atoms with Crippen LogP contribution in [0.4, 0.5) is 0 Å². The van der Waals surface area contributed by atoms with E-state index in [1.807, 2.05) is 4.90 Å². The molecule has 3 nitrogen and oxygen atoms in total. The van der Waals surface area contributed by atoms with Crippen LogP contribution in [0.1, 0.15) is 56.5 Å². The summed E-state index contributed by atoms with van der Waals surface area (Å²) in [6.45, 7) is 11.6. The largest absolute Gasteiger partial charge is 0.322 e. The van der Waals surface area contributed by atoms with Crippen molar-refractivity contribution in [2.45, 2.75) is 59.7 Å². The molecule has 3 heteroatoms. The highest BCUT2D eigenvalue weighted by atomic mass is 16.2. The molecule has 116 valence electrons. The first-order chi connectivity index (χ1) is 9.93. The van der Waals surface area contributed by atoms with E-state index in [0.717, 1.165) is 19.4 Å². The third-order valence-corrected chi connectivity index (χ3v) is 4.33. The Morgan fingerprint density at radius 1 is 1.29 bits per heavy atom. The third-order valence-electron chi connectivity index (χ3n) is 4.33. The summed E-state index contributed by atoms with van der Waals surface area (Å²) in [5.74, 6) is 0.862. The van der Waals surface area contributed by atoms with E-state index in [1.165, 1.54) is 16.7 Å². The van der Waals surface area contributed by atoms with Gasteiger partial charge in [-0.05, 0) is 43.7 Å². The van der Waals surface area contributed by atoms with E-state index in [-0.39, 0.29) is 18.1 Å². The first-order valence-corrected chi connectivity index (χ1v) is 8.07. The molecule has 0 spiro atoms. The Labute approximate surface area is 128 Å². The standard InChI is InChI=1S/C18H28N2O/c1-6-16-18(21)20(10-9-12(2)3)17(19-16)15-8-7-13(4)11-14(15)5/h7-8,11-12,16-17,19H,6,9-10H2,1-5H3. The number of nitrogens with one attached hydrogen (secondary N) is 1. The zero-order chi connectivity index (χ0) is 15.6. The van der Waals surface area contributed by atoms with Crippen molar-refractivity contribution in [1.29, 1.82) is 0 Å². The second kappa shape index (κ2) is 6.61. The molecule has 0 aliphatic carbocycles. The van der Waals surface area contributed by atoms with Crippen molar-refractivity contribution in [3.63, 3.8) is 0 Å². The van der Waals surface area contributed by atoms with Gasteiger partial charge in [0, 0.05) is 6.54 Å². The van der Waals surface area contributed by atoms with Gasteiger partial charge in [0.1, 0.15) is 6.17 Å². The van der Waals surface area contributed by atoms with Crippen LogP contribution in [-0.4, -0.2) is 23.4 Å². The van der Waals surface area contributed by atoms with Gasteiger partial charge in [0.05, 0.1) is 6.04 Å². The maximum atomic E-state index is 12.6. The Hall–Kier alpha value is -1.35. The van der Waals surface area contributed by atoms with Crippen molar-refractivity contribution in [1.82, 2.24) is 10.2 Å². The fourth-order valence-electron chi connectivity index (χ4n) is 3.00. The number of hydrogen-bond donors (Lipinski definition) is 1. The van der Waals surface area contributed by atoms with E-state index in [1.54, 1.807) is 0 Å². The Kier molecular flexibility index (Phi) is 5.04. The predicted molar refractivity (Wildman–Crippen MR) is 87.0 cm³/mol. The molecule has 1 aliphatic rings. The number of amides is 1. The molecule has 1 aliphatic heterocycles. The number of aryl methyl sites for hydroxylation is 2. The summed E-state index contributed by atoms with van der Waals surface area (Å²) in [6, 6.07) is 6.45. The summed E-state index contributed by atoms with van der Waals surface area (Å²) in [4.78, 5) is 14.6. The maximum Gasteiger partial charge on any atom is 0.241 e. The van der Waals surface area contributed by atoms with E-state index in [2.05, 4.69) is 58.1 Å². The van der Waals surface area contributed by atoms with Gasteiger partial charge in [-0.3, -0.25) is 10.1 Å². The Balaban J connectivity index is 2.27. The number of nitrogens with zero attached hydrogens (tertiary/aromatic N) is 1. The average molecular weight is 288 g/mol. The van der Waals surface area contributed by atoms with Crippen LogP contribution in [0, 0.1) is 19.8 Å². The number of carbonyl (C=O) groups is 1. The van der Waals surface area contributed by atoms with Gasteiger partial charge in [-0.15, -0.1) is 0 Å². The molecular weight excluding hydrogens is 260 g/mol. The van der Waals surface area contributed by atoms with Crippen LogP contribution in [0.2, 0.25) is 0 Å². The highest BCUT2D eigenvalue weighted by Gasteiger charge is 2.38. The van der Waals surface area contributed by atoms with Gasteiger partial charge < -0.3 is 4.90 Å². The molecule has 0 bridgehead atoms. The molecule has 1 saturated heterocycles. The highest BCUT2D eigenvalue weighted by molar-refractivity contribution is 5.84. The van der Waals surface area contributed by atoms with Gasteiger partial charge in [-0.1, -0.05) is 44.5 Å². The topological polar surface area (TPSA) is 32.3 Å². The summed E-state index contributed by atoms with van der Waals surface area (Å²) in [7, 11) is 0. The lowest BCUT2D eigenvalue weighted by Gasteiger charge is -2.26. The van der Waals surface area contributed by atoms with Crippen molar-refractivity contribution in [3.05, 3.63) is 34.9 Å². The first-order valence-electron chi connectivity index (χ1n) is 8.07. The molecular formula is C18H28N2O. The molecule has 1 aromatic rings. The van der Waals surface area contributed by atoms with Crippen LogP contribution in [0.25, 0.3) is 0 Å². The molecule has 21 heavy (non-hydrogen) atoms. The zero-order valence-corrected chi connectivity index (χ0v) is 13.9. The summed E-state index contributed by atoms with van der Waals surface area (Å²) in [5, 5.41) is 3.52. The molecule has 0 radical (unpaired) electrons. The Morgan fingerprint density at radius 3 is 2.57 bits per heavy atom. The van der Waals surface area contributed by atoms with E-state index in [9.17, 15) is 4.79 Å². The molecule has 1 aromatic carbocycles. The number of carbonyl (C=O) groups excluding carboxylic acids is 1. The molecule has 0 saturated carbocycles. The minimum atomic E-state index is -0.0390. The van der Waals surface area contributed by atoms with Crippen LogP contribution in [0.3, 0.4) is 0 Å². The Morgan fingerprint density at radius 2 is 2.00 bits per heavy atom. The van der Waals surface area contributed by atoms with E-state index >= 15 is 0 Å². The molecule has 1 heterocycles. The van der Waals surface area contributed by atoms with Crippen LogP contribution in [-0.2, 0) is 4.79 Å². The van der Waals surface area contributed by atoms with Crippen molar-refractivity contribution >= 4 is 5.91 Å². The van der Waals surface area contributed by atoms with Gasteiger partial charge in [0.25, 0.3) is 0 Å². The molecule has 2 rings (SSSR count). The van der Waals surface area contributed by atoms with Gasteiger partial charge >= 0.3 is 0 Å². The average Bonchev–Trinajstić information content (AvgIpc) is 2.73. The van der Waals surface area contributed by atoms with Crippen LogP contribution < -0.4 is 5.32 Å². The Bertz CT molecular complexity index is 510. The zero-order valence-electron chi connectivity index (χ0n) is 13.9. The fraction of sp³-hybridized carbons (Fsp3) is 0.611. The molecule has 2 unspecified atom stereocenters. The number of rotatable bonds is 5. The first kappa shape index (κ1) is 16.0. The van der Waals surface area contributed by atoms with Crippen molar-refractivity contribution in [2.24, 2.45) is 5.92 Å². The smallest absolute Gasteiger partial charge is 0.241 e. The van der Waals surface area contributed by atoms with Gasteiger partial charge in [0.15, 0.2) is 0 Å². The quantitative estimate of drug-likeness (QED) is 0.898. The summed E-state index contributed by atoms with van der Waals surface area (Å²) < 4.78 is 0. The fourth-order valence-corrected chi connectivity index (χ4v) is 3.00. The molecule has 1 fully saturated rings. The summed E-state index contributed by atoms with van der Waals surface area (Å²) >= 11 is 0. The number of benzene rings is 1. The van der Waals surface area contributed by atoms with Crippen molar-refractivity contribution < 1.29 is 4.79 Å². The van der Waals surface area contributed by atoms with Crippen LogP contribution in [0.15, 0.2) is 18.2 Å². The highest BCUT2D eigenvalue weighted by Crippen LogP contribution is 2.29. The van der Waals surface area contributed by atoms with Gasteiger partial charge in [-0.2, -0.15) is 0 Å². The van der Waals surface area contributed by atoms with Gasteiger partial charge in [0.2, 0.25) is 5.91 Å². The SMILES string of the molecule is CCC1NC(c2ccc(C)cc2C)N(CCC(C)C)C1=O. The normalized spacial score (nSPS) is 22.4. The van der Waals surface area contributed by atoms with E-state index in [0.29, 0.717) is 5.92 Å². The lowest BCUT2D eigenvalue weighted by Crippen LogP contribution is -2.32. The molecule has 1 amide bonds. The maximum absolute atomic E-state index is 12.6. The predicted octanol–water partition coefficient (Wildman–Crippen LogP) is 3.56. The monoisotopic (exact) mass is 288 g/mol. The molecule has 1 N–H and O–H groups in total. The number of hydrogen-bond acceptors (Lipinski definition) is 2. The lowest BCUT2D eigenvalue weighted by molar-refractivity contribution is -0.130. The lowest BCUT2D eigenvalue weighted by atomic mass is 10.0.